The van der Waals surface area contributed by atoms with Gasteiger partial charge in [0.05, 0.1) is 16.4 Å². The second kappa shape index (κ2) is 7.21. The number of anilines is 2. The first kappa shape index (κ1) is 19.2. The Kier molecular flexibility index (Phi) is 5.33. The highest BCUT2D eigenvalue weighted by molar-refractivity contribution is 9.10. The Labute approximate surface area is 166 Å². The fourth-order valence-electron chi connectivity index (χ4n) is 3.02. The van der Waals surface area contributed by atoms with E-state index in [0.29, 0.717) is 40.3 Å². The van der Waals surface area contributed by atoms with Crippen LogP contribution in [0.4, 0.5) is 11.4 Å². The van der Waals surface area contributed by atoms with Crippen LogP contribution in [0, 0.1) is 6.92 Å². The molecule has 0 fully saturated rings. The van der Waals surface area contributed by atoms with Crippen LogP contribution in [0.15, 0.2) is 39.7 Å². The predicted molar refractivity (Wildman–Crippen MR) is 107 cm³/mol. The molecule has 0 aromatic heterocycles. The monoisotopic (exact) mass is 456 g/mol. The van der Waals surface area contributed by atoms with Crippen molar-refractivity contribution in [1.29, 1.82) is 0 Å². The predicted octanol–water partition coefficient (Wildman–Crippen LogP) is 4.51. The molecule has 1 N–H and O–H groups in total. The molecule has 0 saturated carbocycles. The van der Waals surface area contributed by atoms with Gasteiger partial charge in [0, 0.05) is 17.4 Å². The summed E-state index contributed by atoms with van der Waals surface area (Å²) in [4.78, 5) is 13.9. The van der Waals surface area contributed by atoms with E-state index in [1.54, 1.807) is 30.0 Å². The molecule has 2 aromatic rings. The molecule has 2 aromatic carbocycles. The number of nitrogens with one attached hydrogen (secondary N) is 1. The molecule has 0 radical (unpaired) electrons. The summed E-state index contributed by atoms with van der Waals surface area (Å²) in [5.74, 6) is -0.101. The summed E-state index contributed by atoms with van der Waals surface area (Å²) in [5.41, 5.74) is 2.52. The van der Waals surface area contributed by atoms with Gasteiger partial charge in [-0.05, 0) is 48.7 Å². The van der Waals surface area contributed by atoms with Gasteiger partial charge >= 0.3 is 0 Å². The summed E-state index contributed by atoms with van der Waals surface area (Å²) in [6.45, 7) is 4.11. The minimum absolute atomic E-state index is 0.0674. The van der Waals surface area contributed by atoms with Gasteiger partial charge in [-0.3, -0.25) is 9.52 Å². The lowest BCUT2D eigenvalue weighted by Gasteiger charge is -2.21. The first-order chi connectivity index (χ1) is 12.2. The molecule has 0 bridgehead atoms. The number of nitrogens with zero attached hydrogens (tertiary/aromatic N) is 1. The van der Waals surface area contributed by atoms with E-state index in [0.717, 1.165) is 11.1 Å². The number of fused-ring (bicyclic) bond motifs is 1. The first-order valence-corrected chi connectivity index (χ1v) is 10.8. The van der Waals surface area contributed by atoms with Crippen molar-refractivity contribution in [2.24, 2.45) is 0 Å². The van der Waals surface area contributed by atoms with Crippen molar-refractivity contribution >= 4 is 54.8 Å². The summed E-state index contributed by atoms with van der Waals surface area (Å²) in [6, 6.07) is 8.47. The molecule has 138 valence electrons. The van der Waals surface area contributed by atoms with E-state index in [-0.39, 0.29) is 10.8 Å². The molecule has 5 nitrogen and oxygen atoms in total. The molecule has 0 spiro atoms. The standard InChI is InChI=1S/C18H18BrClN2O3S/c1-3-17(23)22-7-6-12-9-13(19)10-16(18(12)22)26(24,25)21-15-5-4-11(2)8-14(15)20/h4-5,8-10,21H,3,6-7H2,1-2H3. The molecule has 0 saturated heterocycles. The Bertz CT molecular complexity index is 992. The van der Waals surface area contributed by atoms with Gasteiger partial charge in [0.2, 0.25) is 5.91 Å². The average molecular weight is 458 g/mol. The topological polar surface area (TPSA) is 66.5 Å². The highest BCUT2D eigenvalue weighted by Crippen LogP contribution is 2.39. The Balaban J connectivity index is 2.09. The van der Waals surface area contributed by atoms with Crippen molar-refractivity contribution in [2.75, 3.05) is 16.2 Å². The quantitative estimate of drug-likeness (QED) is 0.734. The molecular formula is C18H18BrClN2O3S. The van der Waals surface area contributed by atoms with Gasteiger partial charge in [-0.15, -0.1) is 0 Å². The van der Waals surface area contributed by atoms with Gasteiger partial charge in [-0.2, -0.15) is 0 Å². The number of halogens is 2. The van der Waals surface area contributed by atoms with Crippen molar-refractivity contribution in [2.45, 2.75) is 31.6 Å². The van der Waals surface area contributed by atoms with E-state index in [4.69, 9.17) is 11.6 Å². The number of hydrogen-bond donors (Lipinski definition) is 1. The minimum Gasteiger partial charge on any atom is -0.310 e. The molecule has 0 atom stereocenters. The molecule has 3 rings (SSSR count). The minimum atomic E-state index is -3.93. The maximum absolute atomic E-state index is 13.1. The van der Waals surface area contributed by atoms with Crippen LogP contribution >= 0.6 is 27.5 Å². The zero-order valence-electron chi connectivity index (χ0n) is 14.3. The lowest BCUT2D eigenvalue weighted by atomic mass is 10.2. The fourth-order valence-corrected chi connectivity index (χ4v) is 5.37. The first-order valence-electron chi connectivity index (χ1n) is 8.14. The highest BCUT2D eigenvalue weighted by atomic mass is 79.9. The Hall–Kier alpha value is -1.57. The van der Waals surface area contributed by atoms with E-state index in [2.05, 4.69) is 20.7 Å². The SMILES string of the molecule is CCC(=O)N1CCc2cc(Br)cc(S(=O)(=O)Nc3ccc(C)cc3Cl)c21. The van der Waals surface area contributed by atoms with Crippen molar-refractivity contribution < 1.29 is 13.2 Å². The van der Waals surface area contributed by atoms with E-state index in [1.807, 2.05) is 13.0 Å². The maximum Gasteiger partial charge on any atom is 0.264 e. The zero-order valence-corrected chi connectivity index (χ0v) is 17.5. The fraction of sp³-hybridized carbons (Fsp3) is 0.278. The molecule has 0 aliphatic carbocycles. The molecule has 1 aliphatic heterocycles. The van der Waals surface area contributed by atoms with Crippen molar-refractivity contribution in [1.82, 2.24) is 0 Å². The summed E-state index contributed by atoms with van der Waals surface area (Å²) >= 11 is 9.54. The smallest absolute Gasteiger partial charge is 0.264 e. The van der Waals surface area contributed by atoms with Crippen molar-refractivity contribution in [3.05, 3.63) is 51.0 Å². The molecular weight excluding hydrogens is 440 g/mol. The second-order valence-corrected chi connectivity index (χ2v) is 9.12. The van der Waals surface area contributed by atoms with E-state index in [9.17, 15) is 13.2 Å². The molecule has 1 aliphatic rings. The normalized spacial score (nSPS) is 13.6. The second-order valence-electron chi connectivity index (χ2n) is 6.15. The van der Waals surface area contributed by atoms with E-state index in [1.165, 1.54) is 6.07 Å². The van der Waals surface area contributed by atoms with E-state index < -0.39 is 10.0 Å². The number of hydrogen-bond acceptors (Lipinski definition) is 3. The maximum atomic E-state index is 13.1. The number of amides is 1. The summed E-state index contributed by atoms with van der Waals surface area (Å²) in [5, 5.41) is 0.321. The molecule has 1 heterocycles. The summed E-state index contributed by atoms with van der Waals surface area (Å²) in [6.07, 6.45) is 0.931. The zero-order chi connectivity index (χ0) is 19.1. The van der Waals surface area contributed by atoms with Gasteiger partial charge < -0.3 is 4.90 Å². The number of rotatable bonds is 4. The summed E-state index contributed by atoms with van der Waals surface area (Å²) < 4.78 is 29.4. The van der Waals surface area contributed by atoms with Crippen LogP contribution in [0.3, 0.4) is 0 Å². The number of sulfonamides is 1. The third-order valence-corrected chi connectivity index (χ3v) is 6.40. The number of aryl methyl sites for hydroxylation is 1. The van der Waals surface area contributed by atoms with Gasteiger partial charge in [-0.25, -0.2) is 8.42 Å². The Morgan fingerprint density at radius 1 is 1.31 bits per heavy atom. The van der Waals surface area contributed by atoms with Gasteiger partial charge in [-0.1, -0.05) is 40.5 Å². The van der Waals surface area contributed by atoms with Crippen LogP contribution in [0.1, 0.15) is 24.5 Å². The van der Waals surface area contributed by atoms with Gasteiger partial charge in [0.25, 0.3) is 10.0 Å². The van der Waals surface area contributed by atoms with E-state index >= 15 is 0 Å². The Morgan fingerprint density at radius 3 is 2.69 bits per heavy atom. The van der Waals surface area contributed by atoms with Crippen molar-refractivity contribution in [3.63, 3.8) is 0 Å². The van der Waals surface area contributed by atoms with Crippen LogP contribution in [0.5, 0.6) is 0 Å². The lowest BCUT2D eigenvalue weighted by molar-refractivity contribution is -0.118. The van der Waals surface area contributed by atoms with Crippen LogP contribution in [-0.2, 0) is 21.2 Å². The number of carbonyl (C=O) groups excluding carboxylic acids is 1. The van der Waals surface area contributed by atoms with Gasteiger partial charge in [0.1, 0.15) is 4.90 Å². The number of carbonyl (C=O) groups is 1. The van der Waals surface area contributed by atoms with Crippen LogP contribution < -0.4 is 9.62 Å². The lowest BCUT2D eigenvalue weighted by Crippen LogP contribution is -2.29. The number of benzene rings is 2. The molecule has 8 heteroatoms. The average Bonchev–Trinajstić information content (AvgIpc) is 2.99. The van der Waals surface area contributed by atoms with Crippen LogP contribution in [0.2, 0.25) is 5.02 Å². The Morgan fingerprint density at radius 2 is 2.04 bits per heavy atom. The van der Waals surface area contributed by atoms with Crippen LogP contribution in [-0.4, -0.2) is 20.9 Å². The van der Waals surface area contributed by atoms with Crippen molar-refractivity contribution in [3.8, 4) is 0 Å². The highest BCUT2D eigenvalue weighted by Gasteiger charge is 2.32. The molecule has 26 heavy (non-hydrogen) atoms. The molecule has 0 unspecified atom stereocenters. The molecule has 1 amide bonds. The summed E-state index contributed by atoms with van der Waals surface area (Å²) in [7, 11) is -3.93. The largest absolute Gasteiger partial charge is 0.310 e. The third-order valence-electron chi connectivity index (χ3n) is 4.26. The third kappa shape index (κ3) is 3.61. The van der Waals surface area contributed by atoms with Crippen LogP contribution in [0.25, 0.3) is 0 Å². The van der Waals surface area contributed by atoms with Gasteiger partial charge in [0.15, 0.2) is 0 Å².